The summed E-state index contributed by atoms with van der Waals surface area (Å²) in [4.78, 5) is 37.8. The molecule has 1 aliphatic rings. The van der Waals surface area contributed by atoms with Gasteiger partial charge in [0.25, 0.3) is 17.7 Å². The molecule has 0 spiro atoms. The third-order valence-corrected chi connectivity index (χ3v) is 3.45. The minimum Gasteiger partial charge on any atom is -0.307 e. The molecule has 2 aromatic rings. The van der Waals surface area contributed by atoms with E-state index in [1.165, 1.54) is 29.3 Å². The molecule has 1 aliphatic heterocycles. The van der Waals surface area contributed by atoms with E-state index in [2.05, 4.69) is 15.5 Å². The summed E-state index contributed by atoms with van der Waals surface area (Å²) < 4.78 is 0. The standard InChI is InChI=1S/C15H14N4O3/c1-8(2)19-14(21)10-4-3-9(7-11(10)15(19)22)13(20)17-12-5-6-16-18-12/h3-8H,1-2H3,(H2,16,17,18,20). The summed E-state index contributed by atoms with van der Waals surface area (Å²) in [6.07, 6.45) is 1.51. The van der Waals surface area contributed by atoms with E-state index in [1.807, 2.05) is 0 Å². The molecule has 0 radical (unpaired) electrons. The highest BCUT2D eigenvalue weighted by atomic mass is 16.2. The van der Waals surface area contributed by atoms with Gasteiger partial charge in [0.2, 0.25) is 0 Å². The average molecular weight is 298 g/mol. The number of rotatable bonds is 3. The van der Waals surface area contributed by atoms with Gasteiger partial charge in [0.1, 0.15) is 5.82 Å². The molecule has 3 amide bonds. The molecule has 112 valence electrons. The van der Waals surface area contributed by atoms with Crippen LogP contribution in [0, 0.1) is 0 Å². The number of carbonyl (C=O) groups excluding carboxylic acids is 3. The van der Waals surface area contributed by atoms with Crippen LogP contribution in [0.15, 0.2) is 30.5 Å². The molecule has 0 fully saturated rings. The van der Waals surface area contributed by atoms with Gasteiger partial charge in [-0.3, -0.25) is 24.4 Å². The van der Waals surface area contributed by atoms with Crippen molar-refractivity contribution in [3.05, 3.63) is 47.2 Å². The van der Waals surface area contributed by atoms with Crippen LogP contribution < -0.4 is 5.32 Å². The van der Waals surface area contributed by atoms with E-state index in [0.29, 0.717) is 16.9 Å². The van der Waals surface area contributed by atoms with Gasteiger partial charge in [0.15, 0.2) is 0 Å². The number of hydrogen-bond donors (Lipinski definition) is 2. The number of aromatic amines is 1. The van der Waals surface area contributed by atoms with Crippen molar-refractivity contribution in [1.29, 1.82) is 0 Å². The molecular formula is C15H14N4O3. The summed E-state index contributed by atoms with van der Waals surface area (Å²) in [6.45, 7) is 3.54. The summed E-state index contributed by atoms with van der Waals surface area (Å²) in [5.41, 5.74) is 0.896. The van der Waals surface area contributed by atoms with Gasteiger partial charge in [0, 0.05) is 17.7 Å². The SMILES string of the molecule is CC(C)N1C(=O)c2ccc(C(=O)Nc3ccn[nH]3)cc2C1=O. The number of aromatic nitrogens is 2. The summed E-state index contributed by atoms with van der Waals surface area (Å²) in [6, 6.07) is 5.87. The van der Waals surface area contributed by atoms with Crippen molar-refractivity contribution in [2.24, 2.45) is 0 Å². The van der Waals surface area contributed by atoms with E-state index in [1.54, 1.807) is 19.9 Å². The van der Waals surface area contributed by atoms with E-state index in [0.717, 1.165) is 0 Å². The maximum Gasteiger partial charge on any atom is 0.261 e. The summed E-state index contributed by atoms with van der Waals surface area (Å²) in [7, 11) is 0. The van der Waals surface area contributed by atoms with Gasteiger partial charge in [-0.25, -0.2) is 0 Å². The Balaban J connectivity index is 1.91. The zero-order valence-electron chi connectivity index (χ0n) is 12.1. The Morgan fingerprint density at radius 1 is 1.18 bits per heavy atom. The molecule has 0 saturated heterocycles. The van der Waals surface area contributed by atoms with Gasteiger partial charge in [-0.2, -0.15) is 5.10 Å². The lowest BCUT2D eigenvalue weighted by atomic mass is 10.1. The number of carbonyl (C=O) groups is 3. The van der Waals surface area contributed by atoms with Crippen molar-refractivity contribution < 1.29 is 14.4 Å². The number of nitrogens with zero attached hydrogens (tertiary/aromatic N) is 2. The van der Waals surface area contributed by atoms with E-state index >= 15 is 0 Å². The van der Waals surface area contributed by atoms with E-state index < -0.39 is 0 Å². The Labute approximate surface area is 126 Å². The van der Waals surface area contributed by atoms with Crippen LogP contribution in [0.2, 0.25) is 0 Å². The molecule has 1 aromatic heterocycles. The fourth-order valence-corrected chi connectivity index (χ4v) is 2.39. The molecule has 0 aliphatic carbocycles. The Kier molecular flexibility index (Phi) is 3.25. The third kappa shape index (κ3) is 2.16. The van der Waals surface area contributed by atoms with Crippen molar-refractivity contribution in [1.82, 2.24) is 15.1 Å². The lowest BCUT2D eigenvalue weighted by molar-refractivity contribution is 0.0609. The first kappa shape index (κ1) is 14.0. The molecular weight excluding hydrogens is 284 g/mol. The van der Waals surface area contributed by atoms with Crippen molar-refractivity contribution in [2.75, 3.05) is 5.32 Å². The first-order valence-electron chi connectivity index (χ1n) is 6.81. The summed E-state index contributed by atoms with van der Waals surface area (Å²) in [5, 5.41) is 8.97. The molecule has 3 rings (SSSR count). The van der Waals surface area contributed by atoms with Gasteiger partial charge >= 0.3 is 0 Å². The molecule has 0 saturated carbocycles. The smallest absolute Gasteiger partial charge is 0.261 e. The lowest BCUT2D eigenvalue weighted by Crippen LogP contribution is -2.35. The maximum atomic E-state index is 12.3. The van der Waals surface area contributed by atoms with Gasteiger partial charge in [-0.05, 0) is 32.0 Å². The lowest BCUT2D eigenvalue weighted by Gasteiger charge is -2.17. The third-order valence-electron chi connectivity index (χ3n) is 3.45. The Morgan fingerprint density at radius 2 is 1.91 bits per heavy atom. The highest BCUT2D eigenvalue weighted by Gasteiger charge is 2.37. The van der Waals surface area contributed by atoms with Crippen molar-refractivity contribution in [3.8, 4) is 0 Å². The minimum atomic E-state index is -0.379. The number of benzene rings is 1. The quantitative estimate of drug-likeness (QED) is 0.842. The molecule has 22 heavy (non-hydrogen) atoms. The van der Waals surface area contributed by atoms with Gasteiger partial charge in [0.05, 0.1) is 17.3 Å². The average Bonchev–Trinajstić information content (AvgIpc) is 3.06. The number of fused-ring (bicyclic) bond motifs is 1. The second-order valence-electron chi connectivity index (χ2n) is 5.26. The maximum absolute atomic E-state index is 12.3. The molecule has 0 bridgehead atoms. The summed E-state index contributed by atoms with van der Waals surface area (Å²) in [5.74, 6) is -0.617. The predicted octanol–water partition coefficient (Wildman–Crippen LogP) is 1.67. The number of anilines is 1. The zero-order chi connectivity index (χ0) is 15.9. The molecule has 7 heteroatoms. The van der Waals surface area contributed by atoms with Crippen molar-refractivity contribution in [3.63, 3.8) is 0 Å². The largest absolute Gasteiger partial charge is 0.307 e. The first-order chi connectivity index (χ1) is 10.5. The van der Waals surface area contributed by atoms with Gasteiger partial charge in [-0.1, -0.05) is 0 Å². The molecule has 2 heterocycles. The number of imide groups is 1. The molecule has 2 N–H and O–H groups in total. The topological polar surface area (TPSA) is 95.2 Å². The molecule has 0 unspecified atom stereocenters. The van der Waals surface area contributed by atoms with Crippen molar-refractivity contribution in [2.45, 2.75) is 19.9 Å². The van der Waals surface area contributed by atoms with E-state index in [4.69, 9.17) is 0 Å². The fraction of sp³-hybridized carbons (Fsp3) is 0.200. The van der Waals surface area contributed by atoms with E-state index in [-0.39, 0.29) is 29.3 Å². The number of hydrogen-bond acceptors (Lipinski definition) is 4. The predicted molar refractivity (Wildman–Crippen MR) is 78.6 cm³/mol. The molecule has 1 aromatic carbocycles. The van der Waals surface area contributed by atoms with Crippen LogP contribution in [0.3, 0.4) is 0 Å². The van der Waals surface area contributed by atoms with Gasteiger partial charge < -0.3 is 5.32 Å². The number of nitrogens with one attached hydrogen (secondary N) is 2. The minimum absolute atomic E-state index is 0.227. The Bertz CT molecular complexity index is 765. The number of H-pyrrole nitrogens is 1. The van der Waals surface area contributed by atoms with Crippen LogP contribution in [0.5, 0.6) is 0 Å². The zero-order valence-corrected chi connectivity index (χ0v) is 12.1. The normalized spacial score (nSPS) is 13.7. The van der Waals surface area contributed by atoms with Gasteiger partial charge in [-0.15, -0.1) is 0 Å². The second-order valence-corrected chi connectivity index (χ2v) is 5.26. The Morgan fingerprint density at radius 3 is 2.55 bits per heavy atom. The van der Waals surface area contributed by atoms with E-state index in [9.17, 15) is 14.4 Å². The number of amides is 3. The fourth-order valence-electron chi connectivity index (χ4n) is 2.39. The van der Waals surface area contributed by atoms with Crippen LogP contribution in [-0.2, 0) is 0 Å². The monoisotopic (exact) mass is 298 g/mol. The first-order valence-corrected chi connectivity index (χ1v) is 6.81. The highest BCUT2D eigenvalue weighted by Crippen LogP contribution is 2.25. The molecule has 0 atom stereocenters. The highest BCUT2D eigenvalue weighted by molar-refractivity contribution is 6.22. The Hall–Kier alpha value is -2.96. The molecule has 7 nitrogen and oxygen atoms in total. The van der Waals surface area contributed by atoms with Crippen LogP contribution in [0.25, 0.3) is 0 Å². The van der Waals surface area contributed by atoms with Crippen molar-refractivity contribution >= 4 is 23.5 Å². The summed E-state index contributed by atoms with van der Waals surface area (Å²) >= 11 is 0. The second kappa shape index (κ2) is 5.10. The van der Waals surface area contributed by atoms with Crippen LogP contribution >= 0.6 is 0 Å². The van der Waals surface area contributed by atoms with Crippen LogP contribution in [0.4, 0.5) is 5.82 Å². The van der Waals surface area contributed by atoms with Crippen LogP contribution in [-0.4, -0.2) is 38.9 Å². The van der Waals surface area contributed by atoms with Crippen LogP contribution in [0.1, 0.15) is 44.9 Å².